The Labute approximate surface area is 232 Å². The molecule has 4 aromatic rings. The summed E-state index contributed by atoms with van der Waals surface area (Å²) in [5, 5.41) is 2.06. The number of hydrogen-bond acceptors (Lipinski definition) is 6. The van der Waals surface area contributed by atoms with Gasteiger partial charge in [-0.1, -0.05) is 71.7 Å². The van der Waals surface area contributed by atoms with Gasteiger partial charge in [-0.3, -0.25) is 14.5 Å². The molecule has 1 aliphatic heterocycles. The van der Waals surface area contributed by atoms with Crippen LogP contribution in [0.4, 0.5) is 4.79 Å². The first-order valence-electron chi connectivity index (χ1n) is 11.4. The zero-order valence-corrected chi connectivity index (χ0v) is 22.3. The topological polar surface area (TPSA) is 72.9 Å². The molecular weight excluding hydrogens is 545 g/mol. The molecule has 0 N–H and O–H groups in total. The van der Waals surface area contributed by atoms with Crippen LogP contribution in [0.1, 0.15) is 21.5 Å². The van der Waals surface area contributed by atoms with Gasteiger partial charge in [-0.15, -0.1) is 0 Å². The van der Waals surface area contributed by atoms with Crippen LogP contribution in [0.15, 0.2) is 83.8 Å². The van der Waals surface area contributed by atoms with Gasteiger partial charge in [-0.2, -0.15) is 0 Å². The van der Waals surface area contributed by atoms with E-state index in [-0.39, 0.29) is 22.4 Å². The van der Waals surface area contributed by atoms with Gasteiger partial charge in [0.05, 0.1) is 34.2 Å². The molecule has 4 aromatic carbocycles. The third kappa shape index (κ3) is 5.27. The van der Waals surface area contributed by atoms with Crippen LogP contribution in [0.25, 0.3) is 16.8 Å². The predicted octanol–water partition coefficient (Wildman–Crippen LogP) is 7.61. The number of esters is 1. The first kappa shape index (κ1) is 25.9. The van der Waals surface area contributed by atoms with Crippen molar-refractivity contribution in [3.05, 3.63) is 111 Å². The molecule has 5 rings (SSSR count). The Bertz CT molecular complexity index is 1630. The summed E-state index contributed by atoms with van der Waals surface area (Å²) in [5.41, 5.74) is 1.72. The zero-order chi connectivity index (χ0) is 26.8. The zero-order valence-electron chi connectivity index (χ0n) is 19.9. The van der Waals surface area contributed by atoms with E-state index in [1.165, 1.54) is 7.11 Å². The average molecular weight is 564 g/mol. The van der Waals surface area contributed by atoms with Crippen LogP contribution in [0.3, 0.4) is 0 Å². The third-order valence-corrected chi connectivity index (χ3v) is 7.54. The number of halogens is 2. The van der Waals surface area contributed by atoms with Gasteiger partial charge in [-0.05, 0) is 70.1 Å². The van der Waals surface area contributed by atoms with Gasteiger partial charge >= 0.3 is 5.97 Å². The lowest BCUT2D eigenvalue weighted by Gasteiger charge is -2.13. The van der Waals surface area contributed by atoms with E-state index in [2.05, 4.69) is 0 Å². The number of carbonyl (C=O) groups is 3. The van der Waals surface area contributed by atoms with Crippen molar-refractivity contribution >= 4 is 68.9 Å². The summed E-state index contributed by atoms with van der Waals surface area (Å²) in [6, 6.07) is 22.9. The highest BCUT2D eigenvalue weighted by Crippen LogP contribution is 2.36. The summed E-state index contributed by atoms with van der Waals surface area (Å²) in [4.78, 5) is 39.9. The summed E-state index contributed by atoms with van der Waals surface area (Å²) in [6.07, 6.45) is 1.60. The minimum absolute atomic E-state index is 0.0747. The molecule has 190 valence electrons. The molecule has 0 atom stereocenters. The van der Waals surface area contributed by atoms with Crippen molar-refractivity contribution in [2.75, 3.05) is 7.11 Å². The summed E-state index contributed by atoms with van der Waals surface area (Å²) in [7, 11) is 1.46. The van der Waals surface area contributed by atoms with Crippen LogP contribution in [-0.2, 0) is 11.3 Å². The van der Waals surface area contributed by atoms with E-state index in [1.54, 1.807) is 54.6 Å². The molecule has 0 spiro atoms. The van der Waals surface area contributed by atoms with Crippen molar-refractivity contribution in [1.29, 1.82) is 0 Å². The number of benzene rings is 4. The van der Waals surface area contributed by atoms with E-state index in [9.17, 15) is 14.4 Å². The second-order valence-corrected chi connectivity index (χ2v) is 10.2. The first-order valence-corrected chi connectivity index (χ1v) is 13.0. The van der Waals surface area contributed by atoms with Crippen molar-refractivity contribution in [3.8, 4) is 11.5 Å². The van der Waals surface area contributed by atoms with Gasteiger partial charge < -0.3 is 9.47 Å². The molecule has 2 amide bonds. The Kier molecular flexibility index (Phi) is 7.42. The molecule has 0 aliphatic carbocycles. The van der Waals surface area contributed by atoms with Gasteiger partial charge in [0.1, 0.15) is 0 Å². The van der Waals surface area contributed by atoms with E-state index in [1.807, 2.05) is 30.3 Å². The highest BCUT2D eigenvalue weighted by Gasteiger charge is 2.35. The molecule has 6 nitrogen and oxygen atoms in total. The quantitative estimate of drug-likeness (QED) is 0.136. The molecule has 0 saturated carbocycles. The van der Waals surface area contributed by atoms with E-state index in [4.69, 9.17) is 32.7 Å². The number of rotatable bonds is 6. The molecule has 0 unspecified atom stereocenters. The Balaban J connectivity index is 1.35. The van der Waals surface area contributed by atoms with Crippen LogP contribution in [-0.4, -0.2) is 29.1 Å². The lowest BCUT2D eigenvalue weighted by Crippen LogP contribution is -2.27. The van der Waals surface area contributed by atoms with Gasteiger partial charge in [-0.25, -0.2) is 4.79 Å². The minimum Gasteiger partial charge on any atom is -0.493 e. The third-order valence-electron chi connectivity index (χ3n) is 5.90. The normalized spacial score (nSPS) is 14.4. The maximum Gasteiger partial charge on any atom is 0.344 e. The Morgan fingerprint density at radius 1 is 0.921 bits per heavy atom. The number of ether oxygens (including phenoxy) is 2. The smallest absolute Gasteiger partial charge is 0.344 e. The Morgan fingerprint density at radius 2 is 1.71 bits per heavy atom. The monoisotopic (exact) mass is 563 g/mol. The van der Waals surface area contributed by atoms with Crippen LogP contribution in [0.5, 0.6) is 11.5 Å². The number of nitrogens with zero attached hydrogens (tertiary/aromatic N) is 1. The molecule has 1 saturated heterocycles. The van der Waals surface area contributed by atoms with E-state index in [0.717, 1.165) is 27.4 Å². The standard InChI is InChI=1S/C29H19Cl2NO5S/c1-36-25-14-17(10-12-24(25)37-28(34)21-8-4-6-19-5-2-3-7-20(19)21)15-26-27(33)32(29(35)38-26)16-18-9-11-22(30)23(31)13-18/h2-15H,16H2,1H3/b26-15-. The van der Waals surface area contributed by atoms with Gasteiger partial charge in [0.15, 0.2) is 11.5 Å². The van der Waals surface area contributed by atoms with Gasteiger partial charge in [0.2, 0.25) is 0 Å². The number of methoxy groups -OCH3 is 1. The SMILES string of the molecule is COc1cc(/C=C2\SC(=O)N(Cc3ccc(Cl)c(Cl)c3)C2=O)ccc1OC(=O)c1cccc2ccccc12. The molecule has 38 heavy (non-hydrogen) atoms. The molecule has 0 bridgehead atoms. The molecular formula is C29H19Cl2NO5S. The fourth-order valence-electron chi connectivity index (χ4n) is 4.02. The first-order chi connectivity index (χ1) is 18.3. The molecule has 9 heteroatoms. The number of imide groups is 1. The van der Waals surface area contributed by atoms with E-state index >= 15 is 0 Å². The maximum atomic E-state index is 13.0. The van der Waals surface area contributed by atoms with Crippen molar-refractivity contribution in [3.63, 3.8) is 0 Å². The van der Waals surface area contributed by atoms with Crippen molar-refractivity contribution in [1.82, 2.24) is 4.90 Å². The fourth-order valence-corrected chi connectivity index (χ4v) is 5.18. The van der Waals surface area contributed by atoms with Gasteiger partial charge in [0.25, 0.3) is 11.1 Å². The van der Waals surface area contributed by atoms with Crippen LogP contribution in [0, 0.1) is 0 Å². The number of carbonyl (C=O) groups excluding carboxylic acids is 3. The summed E-state index contributed by atoms with van der Waals surface area (Å²) >= 11 is 12.9. The fraction of sp³-hybridized carbons (Fsp3) is 0.0690. The number of hydrogen-bond donors (Lipinski definition) is 0. The number of thioether (sulfide) groups is 1. The van der Waals surface area contributed by atoms with Crippen molar-refractivity contribution in [2.24, 2.45) is 0 Å². The van der Waals surface area contributed by atoms with Crippen LogP contribution >= 0.6 is 35.0 Å². The largest absolute Gasteiger partial charge is 0.493 e. The molecule has 1 heterocycles. The van der Waals surface area contributed by atoms with Crippen LogP contribution < -0.4 is 9.47 Å². The lowest BCUT2D eigenvalue weighted by atomic mass is 10.0. The summed E-state index contributed by atoms with van der Waals surface area (Å²) < 4.78 is 11.1. The number of fused-ring (bicyclic) bond motifs is 1. The Morgan fingerprint density at radius 3 is 2.50 bits per heavy atom. The summed E-state index contributed by atoms with van der Waals surface area (Å²) in [5.74, 6) is -0.398. The minimum atomic E-state index is -0.517. The maximum absolute atomic E-state index is 13.0. The molecule has 1 aliphatic rings. The second kappa shape index (κ2) is 10.9. The molecule has 1 fully saturated rings. The van der Waals surface area contributed by atoms with E-state index in [0.29, 0.717) is 32.5 Å². The van der Waals surface area contributed by atoms with Crippen molar-refractivity contribution in [2.45, 2.75) is 6.54 Å². The number of amides is 2. The molecule has 0 aromatic heterocycles. The molecule has 0 radical (unpaired) electrons. The van der Waals surface area contributed by atoms with E-state index < -0.39 is 11.9 Å². The highest BCUT2D eigenvalue weighted by molar-refractivity contribution is 8.18. The average Bonchev–Trinajstić information content (AvgIpc) is 3.18. The highest BCUT2D eigenvalue weighted by atomic mass is 35.5. The van der Waals surface area contributed by atoms with Gasteiger partial charge in [0, 0.05) is 0 Å². The summed E-state index contributed by atoms with van der Waals surface area (Å²) in [6.45, 7) is 0.0747. The predicted molar refractivity (Wildman–Crippen MR) is 150 cm³/mol. The van der Waals surface area contributed by atoms with Crippen LogP contribution in [0.2, 0.25) is 10.0 Å². The second-order valence-electron chi connectivity index (χ2n) is 8.34. The lowest BCUT2D eigenvalue weighted by molar-refractivity contribution is -0.123. The Hall–Kier alpha value is -3.78. The van der Waals surface area contributed by atoms with Crippen molar-refractivity contribution < 1.29 is 23.9 Å².